The first-order valence-corrected chi connectivity index (χ1v) is 5.46. The highest BCUT2D eigenvalue weighted by atomic mass is 32.2. The largest absolute Gasteiger partial charge is 0.446 e. The molecule has 5 heteroatoms. The summed E-state index contributed by atoms with van der Waals surface area (Å²) in [6.45, 7) is 1.76. The summed E-state index contributed by atoms with van der Waals surface area (Å²) in [5.74, 6) is 0. The number of rotatable bonds is 3. The Morgan fingerprint density at radius 3 is 2.56 bits per heavy atom. The number of thioether (sulfide) groups is 1. The first-order chi connectivity index (χ1) is 7.42. The van der Waals surface area contributed by atoms with E-state index in [1.54, 1.807) is 13.0 Å². The Bertz CT molecular complexity index is 407. The third-order valence-corrected chi connectivity index (χ3v) is 2.77. The molecule has 0 N–H and O–H groups in total. The fourth-order valence-electron chi connectivity index (χ4n) is 1.34. The van der Waals surface area contributed by atoms with E-state index in [1.165, 1.54) is 12.1 Å². The van der Waals surface area contributed by atoms with Gasteiger partial charge < -0.3 is 0 Å². The summed E-state index contributed by atoms with van der Waals surface area (Å²) in [4.78, 5) is 0.186. The Balaban J connectivity index is 2.79. The van der Waals surface area contributed by atoms with E-state index in [1.807, 2.05) is 6.07 Å². The zero-order valence-corrected chi connectivity index (χ0v) is 9.45. The highest BCUT2D eigenvalue weighted by Gasteiger charge is 2.29. The van der Waals surface area contributed by atoms with Gasteiger partial charge in [0.25, 0.3) is 0 Å². The van der Waals surface area contributed by atoms with Crippen LogP contribution in [0.4, 0.5) is 13.2 Å². The van der Waals surface area contributed by atoms with Crippen molar-refractivity contribution in [2.24, 2.45) is 0 Å². The lowest BCUT2D eigenvalue weighted by Crippen LogP contribution is -1.99. The van der Waals surface area contributed by atoms with Crippen LogP contribution in [0.3, 0.4) is 0 Å². The Hall–Kier alpha value is -1.15. The zero-order valence-electron chi connectivity index (χ0n) is 8.64. The summed E-state index contributed by atoms with van der Waals surface area (Å²) in [7, 11) is 0. The van der Waals surface area contributed by atoms with Gasteiger partial charge in [0.2, 0.25) is 0 Å². The second kappa shape index (κ2) is 5.26. The number of alkyl halides is 3. The van der Waals surface area contributed by atoms with Gasteiger partial charge in [-0.15, -0.1) is 0 Å². The van der Waals surface area contributed by atoms with Crippen LogP contribution < -0.4 is 0 Å². The molecule has 0 bridgehead atoms. The number of aryl methyl sites for hydroxylation is 2. The minimum Gasteiger partial charge on any atom is -0.198 e. The molecule has 0 aliphatic carbocycles. The van der Waals surface area contributed by atoms with Crippen molar-refractivity contribution in [2.75, 3.05) is 0 Å². The molecule has 86 valence electrons. The molecule has 1 aromatic carbocycles. The van der Waals surface area contributed by atoms with Crippen LogP contribution in [0.5, 0.6) is 0 Å². The molecule has 1 aromatic rings. The molecule has 0 saturated carbocycles. The number of hydrogen-bond donors (Lipinski definition) is 0. The first-order valence-electron chi connectivity index (χ1n) is 4.64. The van der Waals surface area contributed by atoms with Crippen LogP contribution in [0.1, 0.15) is 17.5 Å². The average molecular weight is 245 g/mol. The van der Waals surface area contributed by atoms with Crippen molar-refractivity contribution >= 4 is 11.8 Å². The highest BCUT2D eigenvalue weighted by Crippen LogP contribution is 2.37. The van der Waals surface area contributed by atoms with Crippen LogP contribution >= 0.6 is 11.8 Å². The maximum absolute atomic E-state index is 12.1. The summed E-state index contributed by atoms with van der Waals surface area (Å²) in [5.41, 5.74) is -2.53. The molecule has 0 heterocycles. The Kier molecular flexibility index (Phi) is 4.25. The Morgan fingerprint density at radius 1 is 1.38 bits per heavy atom. The number of nitriles is 1. The molecular weight excluding hydrogens is 235 g/mol. The Morgan fingerprint density at radius 2 is 2.06 bits per heavy atom. The highest BCUT2D eigenvalue weighted by molar-refractivity contribution is 8.00. The van der Waals surface area contributed by atoms with Gasteiger partial charge in [-0.25, -0.2) is 0 Å². The van der Waals surface area contributed by atoms with Gasteiger partial charge in [0.15, 0.2) is 0 Å². The van der Waals surface area contributed by atoms with Crippen LogP contribution in [0.15, 0.2) is 23.1 Å². The minimum absolute atomic E-state index is 0.118. The van der Waals surface area contributed by atoms with Gasteiger partial charge in [0.05, 0.1) is 6.07 Å². The summed E-state index contributed by atoms with van der Waals surface area (Å²) in [5, 5.41) is 8.42. The summed E-state index contributed by atoms with van der Waals surface area (Å²) < 4.78 is 36.3. The van der Waals surface area contributed by atoms with Crippen LogP contribution in [0.2, 0.25) is 0 Å². The molecule has 0 spiro atoms. The van der Waals surface area contributed by atoms with Crippen LogP contribution in [-0.2, 0) is 6.42 Å². The molecule has 16 heavy (non-hydrogen) atoms. The molecule has 0 atom stereocenters. The van der Waals surface area contributed by atoms with Gasteiger partial charge in [0.1, 0.15) is 0 Å². The van der Waals surface area contributed by atoms with Gasteiger partial charge in [-0.05, 0) is 48.4 Å². The van der Waals surface area contributed by atoms with Crippen molar-refractivity contribution in [3.8, 4) is 6.07 Å². The van der Waals surface area contributed by atoms with Crippen molar-refractivity contribution in [1.82, 2.24) is 0 Å². The summed E-state index contributed by atoms with van der Waals surface area (Å²) >= 11 is -0.118. The lowest BCUT2D eigenvalue weighted by molar-refractivity contribution is -0.0328. The van der Waals surface area contributed by atoms with Crippen molar-refractivity contribution < 1.29 is 13.2 Å². The van der Waals surface area contributed by atoms with Gasteiger partial charge in [-0.1, -0.05) is 6.07 Å². The maximum Gasteiger partial charge on any atom is 0.446 e. The average Bonchev–Trinajstić information content (AvgIpc) is 2.14. The van der Waals surface area contributed by atoms with Gasteiger partial charge in [-0.2, -0.15) is 18.4 Å². The van der Waals surface area contributed by atoms with Crippen molar-refractivity contribution in [1.29, 1.82) is 5.26 Å². The van der Waals surface area contributed by atoms with E-state index in [4.69, 9.17) is 5.26 Å². The van der Waals surface area contributed by atoms with E-state index in [0.29, 0.717) is 12.8 Å². The minimum atomic E-state index is -4.25. The lowest BCUT2D eigenvalue weighted by atomic mass is 10.0. The summed E-state index contributed by atoms with van der Waals surface area (Å²) in [6, 6.07) is 6.61. The van der Waals surface area contributed by atoms with E-state index in [2.05, 4.69) is 0 Å². The van der Waals surface area contributed by atoms with Gasteiger partial charge in [-0.3, -0.25) is 0 Å². The number of benzene rings is 1. The van der Waals surface area contributed by atoms with E-state index in [-0.39, 0.29) is 16.7 Å². The molecule has 0 amide bonds. The normalized spacial score (nSPS) is 11.2. The van der Waals surface area contributed by atoms with Crippen LogP contribution in [-0.4, -0.2) is 5.51 Å². The smallest absolute Gasteiger partial charge is 0.198 e. The topological polar surface area (TPSA) is 23.8 Å². The lowest BCUT2D eigenvalue weighted by Gasteiger charge is -2.08. The molecule has 0 aromatic heterocycles. The Labute approximate surface area is 96.3 Å². The molecule has 0 saturated heterocycles. The van der Waals surface area contributed by atoms with Gasteiger partial charge in [0, 0.05) is 11.3 Å². The number of nitrogens with zero attached hydrogens (tertiary/aromatic N) is 1. The predicted molar refractivity (Wildman–Crippen MR) is 57.0 cm³/mol. The van der Waals surface area contributed by atoms with Gasteiger partial charge >= 0.3 is 5.51 Å². The van der Waals surface area contributed by atoms with E-state index in [9.17, 15) is 13.2 Å². The number of halogens is 3. The summed E-state index contributed by atoms with van der Waals surface area (Å²) in [6.07, 6.45) is 0.964. The quantitative estimate of drug-likeness (QED) is 0.750. The van der Waals surface area contributed by atoms with E-state index in [0.717, 1.165) is 11.1 Å². The van der Waals surface area contributed by atoms with Crippen molar-refractivity contribution in [2.45, 2.75) is 30.2 Å². The van der Waals surface area contributed by atoms with Crippen molar-refractivity contribution in [3.05, 3.63) is 29.3 Å². The molecule has 1 nitrogen and oxygen atoms in total. The third kappa shape index (κ3) is 4.15. The molecule has 0 fully saturated rings. The molecule has 0 aliphatic heterocycles. The van der Waals surface area contributed by atoms with E-state index >= 15 is 0 Å². The second-order valence-corrected chi connectivity index (χ2v) is 4.43. The maximum atomic E-state index is 12.1. The molecule has 0 radical (unpaired) electrons. The van der Waals surface area contributed by atoms with Crippen LogP contribution in [0.25, 0.3) is 0 Å². The molecular formula is C11H10F3NS. The predicted octanol–water partition coefficient (Wildman–Crippen LogP) is 4.06. The molecule has 0 aliphatic rings. The van der Waals surface area contributed by atoms with Crippen LogP contribution in [0, 0.1) is 18.3 Å². The molecule has 1 rings (SSSR count). The molecule has 0 unspecified atom stereocenters. The second-order valence-electron chi connectivity index (χ2n) is 3.29. The monoisotopic (exact) mass is 245 g/mol. The fraction of sp³-hybridized carbons (Fsp3) is 0.364. The van der Waals surface area contributed by atoms with Crippen molar-refractivity contribution in [3.63, 3.8) is 0 Å². The fourth-order valence-corrected chi connectivity index (χ4v) is 1.98. The first kappa shape index (κ1) is 12.9. The third-order valence-electron chi connectivity index (χ3n) is 2.05. The zero-order chi connectivity index (χ0) is 12.2. The number of hydrogen-bond acceptors (Lipinski definition) is 2. The van der Waals surface area contributed by atoms with E-state index < -0.39 is 5.51 Å². The SMILES string of the molecule is Cc1cc(SC(F)(F)F)ccc1CCC#N. The standard InChI is InChI=1S/C11H10F3NS/c1-8-7-10(16-11(12,13)14)5-4-9(8)3-2-6-15/h4-5,7H,2-3H2,1H3.